The average Bonchev–Trinajstić information content (AvgIpc) is 3.12. The summed E-state index contributed by atoms with van der Waals surface area (Å²) in [5.41, 5.74) is 1.28. The molecule has 2 fully saturated rings. The van der Waals surface area contributed by atoms with Gasteiger partial charge in [-0.05, 0) is 39.5 Å². The van der Waals surface area contributed by atoms with Crippen LogP contribution in [0.1, 0.15) is 57.2 Å². The molecule has 4 heteroatoms. The third kappa shape index (κ3) is 2.53. The van der Waals surface area contributed by atoms with E-state index in [2.05, 4.69) is 29.9 Å². The van der Waals surface area contributed by atoms with Gasteiger partial charge < -0.3 is 10.1 Å². The van der Waals surface area contributed by atoms with Gasteiger partial charge in [0, 0.05) is 31.2 Å². The van der Waals surface area contributed by atoms with Crippen LogP contribution in [-0.4, -0.2) is 29.0 Å². The lowest BCUT2D eigenvalue weighted by Gasteiger charge is -2.25. The van der Waals surface area contributed by atoms with Crippen LogP contribution in [0.25, 0.3) is 0 Å². The van der Waals surface area contributed by atoms with E-state index in [0.717, 1.165) is 32.0 Å². The smallest absolute Gasteiger partial charge is 0.125 e. The van der Waals surface area contributed by atoms with Crippen molar-refractivity contribution in [2.24, 2.45) is 0 Å². The first-order valence-corrected chi connectivity index (χ1v) is 7.18. The molecule has 18 heavy (non-hydrogen) atoms. The lowest BCUT2D eigenvalue weighted by atomic mass is 10.1. The van der Waals surface area contributed by atoms with Gasteiger partial charge in [-0.3, -0.25) is 0 Å². The molecule has 0 unspecified atom stereocenters. The molecule has 1 saturated carbocycles. The number of nitrogens with one attached hydrogen (secondary N) is 1. The van der Waals surface area contributed by atoms with Gasteiger partial charge in [-0.1, -0.05) is 0 Å². The van der Waals surface area contributed by atoms with Gasteiger partial charge in [0.15, 0.2) is 0 Å². The third-order valence-corrected chi connectivity index (χ3v) is 3.72. The van der Waals surface area contributed by atoms with Crippen LogP contribution < -0.4 is 5.32 Å². The Morgan fingerprint density at radius 2 is 2.00 bits per heavy atom. The number of hydrogen-bond acceptors (Lipinski definition) is 3. The largest absolute Gasteiger partial charge is 0.381 e. The summed E-state index contributed by atoms with van der Waals surface area (Å²) < 4.78 is 7.67. The lowest BCUT2D eigenvalue weighted by Crippen LogP contribution is -2.23. The summed E-state index contributed by atoms with van der Waals surface area (Å²) in [6.45, 7) is 6.09. The molecule has 1 aliphatic carbocycles. The van der Waals surface area contributed by atoms with Gasteiger partial charge in [0.1, 0.15) is 5.82 Å². The fourth-order valence-electron chi connectivity index (χ4n) is 2.60. The lowest BCUT2D eigenvalue weighted by molar-refractivity contribution is 0.0667. The van der Waals surface area contributed by atoms with Crippen molar-refractivity contribution >= 4 is 5.82 Å². The summed E-state index contributed by atoms with van der Waals surface area (Å²) in [6, 6.07) is 3.22. The highest BCUT2D eigenvalue weighted by atomic mass is 16.5. The Morgan fingerprint density at radius 3 is 2.61 bits per heavy atom. The van der Waals surface area contributed by atoms with Crippen LogP contribution >= 0.6 is 0 Å². The molecule has 0 spiro atoms. The quantitative estimate of drug-likeness (QED) is 0.891. The van der Waals surface area contributed by atoms with E-state index in [1.807, 2.05) is 0 Å². The van der Waals surface area contributed by atoms with Gasteiger partial charge in [0.2, 0.25) is 0 Å². The summed E-state index contributed by atoms with van der Waals surface area (Å²) in [5, 5.41) is 8.38. The van der Waals surface area contributed by atoms with E-state index < -0.39 is 0 Å². The van der Waals surface area contributed by atoms with E-state index in [-0.39, 0.29) is 0 Å². The van der Waals surface area contributed by atoms with Gasteiger partial charge in [-0.25, -0.2) is 4.68 Å². The molecule has 1 N–H and O–H groups in total. The van der Waals surface area contributed by atoms with E-state index in [1.165, 1.54) is 24.4 Å². The van der Waals surface area contributed by atoms with Crippen molar-refractivity contribution in [2.75, 3.05) is 18.5 Å². The first-order valence-electron chi connectivity index (χ1n) is 7.18. The molecule has 4 nitrogen and oxygen atoms in total. The van der Waals surface area contributed by atoms with Crippen molar-refractivity contribution in [3.63, 3.8) is 0 Å². The van der Waals surface area contributed by atoms with Gasteiger partial charge in [0.05, 0.1) is 11.7 Å². The highest BCUT2D eigenvalue weighted by Gasteiger charge is 2.29. The second-order valence-electron chi connectivity index (χ2n) is 5.82. The van der Waals surface area contributed by atoms with Crippen LogP contribution in [0, 0.1) is 0 Å². The van der Waals surface area contributed by atoms with E-state index in [0.29, 0.717) is 12.1 Å². The molecule has 2 aliphatic rings. The molecular weight excluding hydrogens is 226 g/mol. The van der Waals surface area contributed by atoms with Crippen molar-refractivity contribution in [3.8, 4) is 0 Å². The van der Waals surface area contributed by atoms with Crippen molar-refractivity contribution in [2.45, 2.75) is 57.5 Å². The average molecular weight is 249 g/mol. The Balaban J connectivity index is 1.84. The third-order valence-electron chi connectivity index (χ3n) is 3.72. The zero-order valence-corrected chi connectivity index (χ0v) is 11.4. The van der Waals surface area contributed by atoms with E-state index in [1.54, 1.807) is 0 Å². The molecule has 1 aliphatic heterocycles. The molecule has 0 aromatic carbocycles. The topological polar surface area (TPSA) is 39.1 Å². The molecule has 1 aromatic rings. The fraction of sp³-hybridized carbons (Fsp3) is 0.786. The molecule has 0 atom stereocenters. The Labute approximate surface area is 109 Å². The minimum absolute atomic E-state index is 0.451. The Morgan fingerprint density at radius 1 is 1.28 bits per heavy atom. The molecule has 2 heterocycles. The summed E-state index contributed by atoms with van der Waals surface area (Å²) in [7, 11) is 0. The fourth-order valence-corrected chi connectivity index (χ4v) is 2.60. The van der Waals surface area contributed by atoms with Crippen LogP contribution in [0.5, 0.6) is 0 Å². The number of rotatable bonds is 4. The van der Waals surface area contributed by atoms with E-state index in [4.69, 9.17) is 9.84 Å². The minimum atomic E-state index is 0.451. The SMILES string of the molecule is CC(C)Nc1cc(C2CC2)nn1C1CCOCC1. The van der Waals surface area contributed by atoms with Crippen molar-refractivity contribution in [1.29, 1.82) is 0 Å². The highest BCUT2D eigenvalue weighted by Crippen LogP contribution is 2.41. The maximum Gasteiger partial charge on any atom is 0.125 e. The second-order valence-corrected chi connectivity index (χ2v) is 5.82. The maximum absolute atomic E-state index is 5.45. The zero-order valence-electron chi connectivity index (χ0n) is 11.4. The number of ether oxygens (including phenoxy) is 1. The number of anilines is 1. The molecule has 1 saturated heterocycles. The molecule has 3 rings (SSSR count). The molecule has 0 bridgehead atoms. The monoisotopic (exact) mass is 249 g/mol. The molecule has 0 amide bonds. The van der Waals surface area contributed by atoms with Gasteiger partial charge in [0.25, 0.3) is 0 Å². The predicted octanol–water partition coefficient (Wildman–Crippen LogP) is 2.93. The minimum Gasteiger partial charge on any atom is -0.381 e. The Kier molecular flexibility index (Phi) is 3.29. The second kappa shape index (κ2) is 4.92. The number of nitrogens with zero attached hydrogens (tertiary/aromatic N) is 2. The Hall–Kier alpha value is -1.03. The van der Waals surface area contributed by atoms with Crippen LogP contribution in [0.4, 0.5) is 5.82 Å². The van der Waals surface area contributed by atoms with E-state index in [9.17, 15) is 0 Å². The number of hydrogen-bond donors (Lipinski definition) is 1. The van der Waals surface area contributed by atoms with Crippen molar-refractivity contribution in [1.82, 2.24) is 9.78 Å². The molecular formula is C14H23N3O. The zero-order chi connectivity index (χ0) is 12.5. The molecule has 100 valence electrons. The summed E-state index contributed by atoms with van der Waals surface area (Å²) in [5.74, 6) is 1.91. The van der Waals surface area contributed by atoms with Crippen molar-refractivity contribution in [3.05, 3.63) is 11.8 Å². The summed E-state index contributed by atoms with van der Waals surface area (Å²) >= 11 is 0. The van der Waals surface area contributed by atoms with Crippen LogP contribution in [0.15, 0.2) is 6.07 Å². The molecule has 1 aromatic heterocycles. The Bertz CT molecular complexity index is 403. The normalized spacial score (nSPS) is 21.5. The first-order chi connectivity index (χ1) is 8.74. The summed E-state index contributed by atoms with van der Waals surface area (Å²) in [4.78, 5) is 0. The van der Waals surface area contributed by atoms with Gasteiger partial charge in [-0.15, -0.1) is 0 Å². The number of aromatic nitrogens is 2. The van der Waals surface area contributed by atoms with Crippen LogP contribution in [0.2, 0.25) is 0 Å². The predicted molar refractivity (Wildman–Crippen MR) is 72.1 cm³/mol. The first kappa shape index (κ1) is 12.0. The van der Waals surface area contributed by atoms with E-state index >= 15 is 0 Å². The molecule has 0 radical (unpaired) electrons. The van der Waals surface area contributed by atoms with Crippen LogP contribution in [0.3, 0.4) is 0 Å². The van der Waals surface area contributed by atoms with Crippen LogP contribution in [-0.2, 0) is 4.74 Å². The standard InChI is InChI=1S/C14H23N3O/c1-10(2)15-14-9-13(11-3-4-11)16-17(14)12-5-7-18-8-6-12/h9-12,15H,3-8H2,1-2H3. The van der Waals surface area contributed by atoms with Gasteiger partial charge >= 0.3 is 0 Å². The van der Waals surface area contributed by atoms with Crippen molar-refractivity contribution < 1.29 is 4.74 Å². The maximum atomic E-state index is 5.45. The summed E-state index contributed by atoms with van der Waals surface area (Å²) in [6.07, 6.45) is 4.79. The highest BCUT2D eigenvalue weighted by molar-refractivity contribution is 5.40. The van der Waals surface area contributed by atoms with Gasteiger partial charge in [-0.2, -0.15) is 5.10 Å².